The molecule has 0 spiro atoms. The zero-order valence-corrected chi connectivity index (χ0v) is 10.1. The smallest absolute Gasteiger partial charge is 0.228 e. The van der Waals surface area contributed by atoms with Crippen LogP contribution in [0.2, 0.25) is 0 Å². The van der Waals surface area contributed by atoms with E-state index in [-0.39, 0.29) is 5.91 Å². The summed E-state index contributed by atoms with van der Waals surface area (Å²) in [5.41, 5.74) is 0. The van der Waals surface area contributed by atoms with Crippen molar-refractivity contribution in [2.24, 2.45) is 5.92 Å². The van der Waals surface area contributed by atoms with Gasteiger partial charge in [-0.1, -0.05) is 19.0 Å². The Morgan fingerprint density at radius 2 is 2.25 bits per heavy atom. The van der Waals surface area contributed by atoms with Crippen LogP contribution >= 0.6 is 0 Å². The molecule has 0 aliphatic carbocycles. The highest BCUT2D eigenvalue weighted by Crippen LogP contribution is 2.02. The zero-order valence-electron chi connectivity index (χ0n) is 10.1. The number of nitrogens with zero attached hydrogens (tertiary/aromatic N) is 2. The lowest BCUT2D eigenvalue weighted by atomic mass is 10.1. The van der Waals surface area contributed by atoms with Crippen molar-refractivity contribution >= 4 is 5.91 Å². The highest BCUT2D eigenvalue weighted by molar-refractivity contribution is 5.75. The fraction of sp³-hybridized carbons (Fsp3) is 0.727. The first kappa shape index (κ1) is 12.7. The lowest BCUT2D eigenvalue weighted by molar-refractivity contribution is -0.121. The van der Waals surface area contributed by atoms with Crippen LogP contribution in [-0.2, 0) is 11.2 Å². The van der Waals surface area contributed by atoms with E-state index in [0.717, 1.165) is 6.42 Å². The second-order valence-corrected chi connectivity index (χ2v) is 4.27. The van der Waals surface area contributed by atoms with Crippen molar-refractivity contribution < 1.29 is 9.32 Å². The van der Waals surface area contributed by atoms with E-state index in [0.29, 0.717) is 37.0 Å². The molecule has 0 radical (unpaired) electrons. The van der Waals surface area contributed by atoms with Gasteiger partial charge in [0.05, 0.1) is 0 Å². The van der Waals surface area contributed by atoms with E-state index in [2.05, 4.69) is 29.3 Å². The average Bonchev–Trinajstić information content (AvgIpc) is 2.61. The van der Waals surface area contributed by atoms with Gasteiger partial charge in [0.25, 0.3) is 0 Å². The molecule has 1 N–H and O–H groups in total. The molecule has 16 heavy (non-hydrogen) atoms. The zero-order chi connectivity index (χ0) is 12.0. The standard InChI is InChI=1S/C11H19N3O2/c1-8(2)4-5-10(15)12-7-6-11-13-9(3)14-16-11/h8H,4-7H2,1-3H3,(H,12,15). The van der Waals surface area contributed by atoms with Crippen LogP contribution in [0.1, 0.15) is 38.4 Å². The predicted molar refractivity (Wildman–Crippen MR) is 59.8 cm³/mol. The molecule has 1 aromatic rings. The van der Waals surface area contributed by atoms with E-state index >= 15 is 0 Å². The van der Waals surface area contributed by atoms with Gasteiger partial charge < -0.3 is 9.84 Å². The number of aromatic nitrogens is 2. The Morgan fingerprint density at radius 3 is 2.81 bits per heavy atom. The number of nitrogens with one attached hydrogen (secondary N) is 1. The maximum Gasteiger partial charge on any atom is 0.228 e. The Hall–Kier alpha value is -1.39. The quantitative estimate of drug-likeness (QED) is 0.796. The Morgan fingerprint density at radius 1 is 1.50 bits per heavy atom. The monoisotopic (exact) mass is 225 g/mol. The van der Waals surface area contributed by atoms with Crippen molar-refractivity contribution in [1.29, 1.82) is 0 Å². The van der Waals surface area contributed by atoms with Crippen molar-refractivity contribution in [3.05, 3.63) is 11.7 Å². The van der Waals surface area contributed by atoms with Crippen LogP contribution in [0, 0.1) is 12.8 Å². The second kappa shape index (κ2) is 6.25. The summed E-state index contributed by atoms with van der Waals surface area (Å²) in [5, 5.41) is 6.50. The minimum absolute atomic E-state index is 0.0879. The van der Waals surface area contributed by atoms with Crippen molar-refractivity contribution in [3.63, 3.8) is 0 Å². The molecule has 0 aliphatic heterocycles. The maximum absolute atomic E-state index is 11.4. The predicted octanol–water partition coefficient (Wildman–Crippen LogP) is 1.47. The number of rotatable bonds is 6. The van der Waals surface area contributed by atoms with Gasteiger partial charge in [0, 0.05) is 19.4 Å². The van der Waals surface area contributed by atoms with Gasteiger partial charge in [-0.05, 0) is 19.3 Å². The van der Waals surface area contributed by atoms with E-state index in [9.17, 15) is 4.79 Å². The third-order valence-corrected chi connectivity index (χ3v) is 2.18. The molecule has 1 aromatic heterocycles. The molecule has 0 saturated heterocycles. The molecular weight excluding hydrogens is 206 g/mol. The summed E-state index contributed by atoms with van der Waals surface area (Å²) in [4.78, 5) is 15.4. The second-order valence-electron chi connectivity index (χ2n) is 4.27. The molecule has 0 fully saturated rings. The summed E-state index contributed by atoms with van der Waals surface area (Å²) in [6.45, 7) is 6.54. The Labute approximate surface area is 95.6 Å². The molecular formula is C11H19N3O2. The van der Waals surface area contributed by atoms with Gasteiger partial charge in [-0.25, -0.2) is 0 Å². The number of amides is 1. The molecule has 1 amide bonds. The highest BCUT2D eigenvalue weighted by atomic mass is 16.5. The number of hydrogen-bond acceptors (Lipinski definition) is 4. The molecule has 1 heterocycles. The Bertz CT molecular complexity index is 334. The number of aryl methyl sites for hydroxylation is 1. The molecule has 0 bridgehead atoms. The van der Waals surface area contributed by atoms with Gasteiger partial charge in [0.1, 0.15) is 0 Å². The summed E-state index contributed by atoms with van der Waals surface area (Å²) in [7, 11) is 0. The lowest BCUT2D eigenvalue weighted by Crippen LogP contribution is -2.25. The molecule has 0 aromatic carbocycles. The van der Waals surface area contributed by atoms with E-state index in [1.165, 1.54) is 0 Å². The molecule has 0 saturated carbocycles. The van der Waals surface area contributed by atoms with Crippen LogP contribution in [0.25, 0.3) is 0 Å². The van der Waals surface area contributed by atoms with E-state index in [4.69, 9.17) is 4.52 Å². The number of carbonyl (C=O) groups excluding carboxylic acids is 1. The van der Waals surface area contributed by atoms with Gasteiger partial charge >= 0.3 is 0 Å². The molecule has 0 atom stereocenters. The van der Waals surface area contributed by atoms with E-state index in [1.54, 1.807) is 6.92 Å². The lowest BCUT2D eigenvalue weighted by Gasteiger charge is -2.05. The Kier molecular flexibility index (Phi) is 4.95. The average molecular weight is 225 g/mol. The third-order valence-electron chi connectivity index (χ3n) is 2.18. The van der Waals surface area contributed by atoms with Crippen molar-refractivity contribution in [2.75, 3.05) is 6.54 Å². The van der Waals surface area contributed by atoms with Crippen LogP contribution in [0.4, 0.5) is 0 Å². The van der Waals surface area contributed by atoms with Crippen molar-refractivity contribution in [2.45, 2.75) is 40.0 Å². The van der Waals surface area contributed by atoms with E-state index in [1.807, 2.05) is 0 Å². The largest absolute Gasteiger partial charge is 0.356 e. The van der Waals surface area contributed by atoms with Crippen LogP contribution < -0.4 is 5.32 Å². The first-order valence-corrected chi connectivity index (χ1v) is 5.64. The van der Waals surface area contributed by atoms with E-state index < -0.39 is 0 Å². The number of carbonyl (C=O) groups is 1. The van der Waals surface area contributed by atoms with Crippen LogP contribution in [0.15, 0.2) is 4.52 Å². The molecule has 5 nitrogen and oxygen atoms in total. The Balaban J connectivity index is 2.13. The van der Waals surface area contributed by atoms with Gasteiger partial charge in [-0.3, -0.25) is 4.79 Å². The first-order valence-electron chi connectivity index (χ1n) is 5.64. The minimum atomic E-state index is 0.0879. The molecule has 0 unspecified atom stereocenters. The molecule has 0 aliphatic rings. The summed E-state index contributed by atoms with van der Waals surface area (Å²) < 4.78 is 4.93. The molecule has 5 heteroatoms. The fourth-order valence-corrected chi connectivity index (χ4v) is 1.26. The summed E-state index contributed by atoms with van der Waals surface area (Å²) in [5.74, 6) is 1.84. The SMILES string of the molecule is Cc1noc(CCNC(=O)CCC(C)C)n1. The molecule has 90 valence electrons. The van der Waals surface area contributed by atoms with Crippen molar-refractivity contribution in [1.82, 2.24) is 15.5 Å². The summed E-state index contributed by atoms with van der Waals surface area (Å²) in [6, 6.07) is 0. The fourth-order valence-electron chi connectivity index (χ4n) is 1.26. The van der Waals surface area contributed by atoms with Gasteiger partial charge in [0.15, 0.2) is 5.82 Å². The summed E-state index contributed by atoms with van der Waals surface area (Å²) in [6.07, 6.45) is 2.10. The normalized spacial score (nSPS) is 10.8. The van der Waals surface area contributed by atoms with Gasteiger partial charge in [0.2, 0.25) is 11.8 Å². The van der Waals surface area contributed by atoms with Gasteiger partial charge in [-0.2, -0.15) is 4.98 Å². The number of hydrogen-bond donors (Lipinski definition) is 1. The maximum atomic E-state index is 11.4. The third kappa shape index (κ3) is 4.91. The topological polar surface area (TPSA) is 68.0 Å². The van der Waals surface area contributed by atoms with Crippen LogP contribution in [0.5, 0.6) is 0 Å². The van der Waals surface area contributed by atoms with Crippen LogP contribution in [-0.4, -0.2) is 22.6 Å². The minimum Gasteiger partial charge on any atom is -0.356 e. The van der Waals surface area contributed by atoms with Crippen LogP contribution in [0.3, 0.4) is 0 Å². The van der Waals surface area contributed by atoms with Gasteiger partial charge in [-0.15, -0.1) is 0 Å². The molecule has 1 rings (SSSR count). The first-order chi connectivity index (χ1) is 7.58. The summed E-state index contributed by atoms with van der Waals surface area (Å²) >= 11 is 0. The highest BCUT2D eigenvalue weighted by Gasteiger charge is 2.05. The van der Waals surface area contributed by atoms with Crippen molar-refractivity contribution in [3.8, 4) is 0 Å².